The summed E-state index contributed by atoms with van der Waals surface area (Å²) in [5.41, 5.74) is 5.49. The highest BCUT2D eigenvalue weighted by Gasteiger charge is 2.21. The van der Waals surface area contributed by atoms with E-state index in [1.54, 1.807) is 6.92 Å². The Morgan fingerprint density at radius 2 is 1.89 bits per heavy atom. The Hall–Kier alpha value is -1.63. The highest BCUT2D eigenvalue weighted by atomic mass is 16.5. The number of ether oxygens (including phenoxy) is 1. The monoisotopic (exact) mass is 260 g/mol. The number of carbonyl (C=O) groups is 3. The number of nitrogens with two attached hydrogens (primary N) is 1. The largest absolute Gasteiger partial charge is 0.480 e. The topological polar surface area (TPSA) is 119 Å². The second kappa shape index (κ2) is 8.46. The third kappa shape index (κ3) is 7.61. The first kappa shape index (κ1) is 16.4. The zero-order valence-corrected chi connectivity index (χ0v) is 10.6. The maximum absolute atomic E-state index is 11.4. The minimum Gasteiger partial charge on any atom is -0.480 e. The van der Waals surface area contributed by atoms with Gasteiger partial charge in [-0.1, -0.05) is 0 Å². The van der Waals surface area contributed by atoms with Crippen LogP contribution < -0.4 is 11.1 Å². The number of methoxy groups -OCH3 is 1. The Morgan fingerprint density at radius 3 is 2.33 bits per heavy atom. The van der Waals surface area contributed by atoms with Gasteiger partial charge < -0.3 is 20.9 Å². The summed E-state index contributed by atoms with van der Waals surface area (Å²) in [6, 6.07) is -1.20. The van der Waals surface area contributed by atoms with Crippen LogP contribution in [-0.2, 0) is 19.1 Å². The van der Waals surface area contributed by atoms with Gasteiger partial charge in [0.15, 0.2) is 0 Å². The molecule has 7 heteroatoms. The Bertz CT molecular complexity index is 304. The number of amides is 1. The molecule has 2 unspecified atom stereocenters. The van der Waals surface area contributed by atoms with E-state index in [0.29, 0.717) is 6.42 Å². The zero-order chi connectivity index (χ0) is 14.1. The van der Waals surface area contributed by atoms with E-state index >= 15 is 0 Å². The minimum atomic E-state index is -1.17. The van der Waals surface area contributed by atoms with Gasteiger partial charge >= 0.3 is 11.9 Å². The molecule has 0 aliphatic rings. The molecule has 0 bridgehead atoms. The van der Waals surface area contributed by atoms with Gasteiger partial charge in [0.05, 0.1) is 7.11 Å². The van der Waals surface area contributed by atoms with Crippen molar-refractivity contribution in [2.45, 2.75) is 44.7 Å². The fourth-order valence-corrected chi connectivity index (χ4v) is 1.25. The lowest BCUT2D eigenvalue weighted by Crippen LogP contribution is -2.41. The van der Waals surface area contributed by atoms with Crippen molar-refractivity contribution in [2.75, 3.05) is 7.11 Å². The molecule has 0 rings (SSSR count). The van der Waals surface area contributed by atoms with Gasteiger partial charge in [0, 0.05) is 18.9 Å². The van der Waals surface area contributed by atoms with Crippen molar-refractivity contribution < 1.29 is 24.2 Å². The average molecular weight is 260 g/mol. The number of hydrogen-bond acceptors (Lipinski definition) is 5. The summed E-state index contributed by atoms with van der Waals surface area (Å²) in [6.07, 6.45) is 0.599. The Morgan fingerprint density at radius 1 is 1.28 bits per heavy atom. The van der Waals surface area contributed by atoms with Crippen LogP contribution in [0.5, 0.6) is 0 Å². The van der Waals surface area contributed by atoms with Gasteiger partial charge in [0.1, 0.15) is 6.04 Å². The van der Waals surface area contributed by atoms with Crippen molar-refractivity contribution in [3.05, 3.63) is 0 Å². The SMILES string of the molecule is COC(=O)CCC(NC(=O)CCC(C)N)C(=O)O. The van der Waals surface area contributed by atoms with Crippen LogP contribution in [0.1, 0.15) is 32.6 Å². The van der Waals surface area contributed by atoms with Crippen molar-refractivity contribution in [1.29, 1.82) is 0 Å². The standard InChI is InChI=1S/C11H20N2O5/c1-7(12)3-5-9(14)13-8(11(16)17)4-6-10(15)18-2/h7-8H,3-6,12H2,1-2H3,(H,13,14)(H,16,17). The number of esters is 1. The van der Waals surface area contributed by atoms with Crippen LogP contribution in [0.25, 0.3) is 0 Å². The van der Waals surface area contributed by atoms with E-state index in [4.69, 9.17) is 10.8 Å². The molecule has 2 atom stereocenters. The molecule has 0 saturated carbocycles. The van der Waals surface area contributed by atoms with Crippen LogP contribution in [0, 0.1) is 0 Å². The number of carbonyl (C=O) groups excluding carboxylic acids is 2. The Kier molecular flexibility index (Phi) is 7.69. The molecule has 0 aromatic carbocycles. The Balaban J connectivity index is 4.15. The van der Waals surface area contributed by atoms with E-state index in [-0.39, 0.29) is 31.2 Å². The Labute approximate surface area is 106 Å². The van der Waals surface area contributed by atoms with Crippen molar-refractivity contribution in [2.24, 2.45) is 5.73 Å². The predicted octanol–water partition coefficient (Wildman–Crippen LogP) is -0.364. The number of carboxylic acid groups (broad SMARTS) is 1. The first-order chi connectivity index (χ1) is 8.36. The summed E-state index contributed by atoms with van der Waals surface area (Å²) in [5, 5.41) is 11.2. The third-order valence-corrected chi connectivity index (χ3v) is 2.32. The average Bonchev–Trinajstić information content (AvgIpc) is 2.30. The quantitative estimate of drug-likeness (QED) is 0.513. The summed E-state index contributed by atoms with van der Waals surface area (Å²) in [7, 11) is 1.22. The van der Waals surface area contributed by atoms with E-state index in [1.165, 1.54) is 7.11 Å². The molecule has 18 heavy (non-hydrogen) atoms. The summed E-state index contributed by atoms with van der Waals surface area (Å²) >= 11 is 0. The van der Waals surface area contributed by atoms with Crippen LogP contribution in [0.15, 0.2) is 0 Å². The molecule has 0 heterocycles. The number of rotatable bonds is 8. The van der Waals surface area contributed by atoms with Crippen molar-refractivity contribution in [1.82, 2.24) is 5.32 Å². The molecule has 0 aromatic rings. The predicted molar refractivity (Wildman–Crippen MR) is 63.7 cm³/mol. The molecule has 104 valence electrons. The van der Waals surface area contributed by atoms with Gasteiger partial charge in [-0.3, -0.25) is 9.59 Å². The smallest absolute Gasteiger partial charge is 0.326 e. The zero-order valence-electron chi connectivity index (χ0n) is 10.6. The molecule has 1 amide bonds. The van der Waals surface area contributed by atoms with Gasteiger partial charge in [0.2, 0.25) is 5.91 Å². The molecule has 4 N–H and O–H groups in total. The normalized spacial score (nSPS) is 13.5. The van der Waals surface area contributed by atoms with Crippen LogP contribution >= 0.6 is 0 Å². The maximum atomic E-state index is 11.4. The van der Waals surface area contributed by atoms with Gasteiger partial charge in [0.25, 0.3) is 0 Å². The fourth-order valence-electron chi connectivity index (χ4n) is 1.25. The van der Waals surface area contributed by atoms with Crippen LogP contribution in [0.2, 0.25) is 0 Å². The molecule has 0 aliphatic carbocycles. The molecule has 0 spiro atoms. The van der Waals surface area contributed by atoms with Gasteiger partial charge in [-0.15, -0.1) is 0 Å². The van der Waals surface area contributed by atoms with E-state index in [1.807, 2.05) is 0 Å². The number of aliphatic carboxylic acids is 1. The second-order valence-corrected chi connectivity index (χ2v) is 4.09. The van der Waals surface area contributed by atoms with Crippen LogP contribution in [-0.4, -0.2) is 42.1 Å². The molecular formula is C11H20N2O5. The summed E-state index contributed by atoms with van der Waals surface area (Å²) in [6.45, 7) is 1.76. The lowest BCUT2D eigenvalue weighted by atomic mass is 10.1. The molecular weight excluding hydrogens is 240 g/mol. The van der Waals surface area contributed by atoms with E-state index in [9.17, 15) is 14.4 Å². The lowest BCUT2D eigenvalue weighted by Gasteiger charge is -2.14. The third-order valence-electron chi connectivity index (χ3n) is 2.32. The first-order valence-corrected chi connectivity index (χ1v) is 5.71. The molecule has 7 nitrogen and oxygen atoms in total. The number of hydrogen-bond donors (Lipinski definition) is 3. The molecule has 0 saturated heterocycles. The summed E-state index contributed by atoms with van der Waals surface area (Å²) < 4.78 is 4.40. The van der Waals surface area contributed by atoms with Crippen LogP contribution in [0.4, 0.5) is 0 Å². The molecule has 0 radical (unpaired) electrons. The fraction of sp³-hybridized carbons (Fsp3) is 0.727. The summed E-state index contributed by atoms with van der Waals surface area (Å²) in [5.74, 6) is -2.07. The van der Waals surface area contributed by atoms with Gasteiger partial charge in [-0.05, 0) is 19.8 Å². The highest BCUT2D eigenvalue weighted by molar-refractivity contribution is 5.84. The minimum absolute atomic E-state index is 0.00588. The first-order valence-electron chi connectivity index (χ1n) is 5.71. The molecule has 0 aliphatic heterocycles. The van der Waals surface area contributed by atoms with Crippen LogP contribution in [0.3, 0.4) is 0 Å². The second-order valence-electron chi connectivity index (χ2n) is 4.09. The van der Waals surface area contributed by atoms with Crippen molar-refractivity contribution >= 4 is 17.8 Å². The number of carboxylic acids is 1. The van der Waals surface area contributed by atoms with Crippen molar-refractivity contribution in [3.8, 4) is 0 Å². The maximum Gasteiger partial charge on any atom is 0.326 e. The summed E-state index contributed by atoms with van der Waals surface area (Å²) in [4.78, 5) is 33.2. The molecule has 0 aromatic heterocycles. The number of nitrogens with one attached hydrogen (secondary N) is 1. The lowest BCUT2D eigenvalue weighted by molar-refractivity contribution is -0.144. The van der Waals surface area contributed by atoms with Gasteiger partial charge in [-0.25, -0.2) is 4.79 Å². The molecule has 0 fully saturated rings. The van der Waals surface area contributed by atoms with E-state index < -0.39 is 18.0 Å². The van der Waals surface area contributed by atoms with Crippen molar-refractivity contribution in [3.63, 3.8) is 0 Å². The highest BCUT2D eigenvalue weighted by Crippen LogP contribution is 2.01. The van der Waals surface area contributed by atoms with E-state index in [0.717, 1.165) is 0 Å². The van der Waals surface area contributed by atoms with E-state index in [2.05, 4.69) is 10.1 Å². The van der Waals surface area contributed by atoms with Gasteiger partial charge in [-0.2, -0.15) is 0 Å².